The van der Waals surface area contributed by atoms with Gasteiger partial charge in [-0.1, -0.05) is 44.2 Å². The first kappa shape index (κ1) is 19.1. The molecule has 0 radical (unpaired) electrons. The SMILES string of the molecule is CC(C)CC(=O)C1=C(O)C(=O)N(c2ccc3c(c2)OCCO3)C1c1ccccc1. The Bertz CT molecular complexity index is 980. The molecule has 29 heavy (non-hydrogen) atoms. The predicted octanol–water partition coefficient (Wildman–Crippen LogP) is 3.97. The van der Waals surface area contributed by atoms with Crippen molar-refractivity contribution >= 4 is 17.4 Å². The van der Waals surface area contributed by atoms with Crippen LogP contribution in [-0.2, 0) is 9.59 Å². The van der Waals surface area contributed by atoms with Gasteiger partial charge >= 0.3 is 0 Å². The predicted molar refractivity (Wildman–Crippen MR) is 108 cm³/mol. The van der Waals surface area contributed by atoms with Gasteiger partial charge in [0.25, 0.3) is 5.91 Å². The van der Waals surface area contributed by atoms with E-state index in [0.29, 0.717) is 30.4 Å². The van der Waals surface area contributed by atoms with Gasteiger partial charge < -0.3 is 14.6 Å². The minimum Gasteiger partial charge on any atom is -0.503 e. The number of aliphatic hydroxyl groups is 1. The quantitative estimate of drug-likeness (QED) is 0.832. The normalized spacial score (nSPS) is 18.5. The molecule has 0 bridgehead atoms. The lowest BCUT2D eigenvalue weighted by Crippen LogP contribution is -2.31. The first-order valence-electron chi connectivity index (χ1n) is 9.72. The highest BCUT2D eigenvalue weighted by molar-refractivity contribution is 6.16. The summed E-state index contributed by atoms with van der Waals surface area (Å²) in [6.45, 7) is 4.76. The number of hydrogen-bond donors (Lipinski definition) is 1. The van der Waals surface area contributed by atoms with Crippen LogP contribution in [0.3, 0.4) is 0 Å². The minimum absolute atomic E-state index is 0.109. The maximum absolute atomic E-state index is 13.1. The average molecular weight is 393 g/mol. The highest BCUT2D eigenvalue weighted by Crippen LogP contribution is 2.44. The van der Waals surface area contributed by atoms with Gasteiger partial charge in [0.05, 0.1) is 11.6 Å². The van der Waals surface area contributed by atoms with E-state index in [2.05, 4.69) is 0 Å². The number of rotatable bonds is 5. The molecule has 2 aliphatic heterocycles. The van der Waals surface area contributed by atoms with Crippen LogP contribution in [0.4, 0.5) is 5.69 Å². The number of fused-ring (bicyclic) bond motifs is 1. The van der Waals surface area contributed by atoms with Crippen LogP contribution in [0.15, 0.2) is 59.9 Å². The smallest absolute Gasteiger partial charge is 0.294 e. The molecular weight excluding hydrogens is 370 g/mol. The molecule has 0 saturated heterocycles. The van der Waals surface area contributed by atoms with Crippen LogP contribution in [0.1, 0.15) is 31.9 Å². The van der Waals surface area contributed by atoms with Gasteiger partial charge in [0.1, 0.15) is 13.2 Å². The lowest BCUT2D eigenvalue weighted by atomic mass is 9.92. The molecule has 1 amide bonds. The van der Waals surface area contributed by atoms with Crippen molar-refractivity contribution in [3.05, 3.63) is 65.4 Å². The van der Waals surface area contributed by atoms with Crippen LogP contribution >= 0.6 is 0 Å². The summed E-state index contributed by atoms with van der Waals surface area (Å²) < 4.78 is 11.2. The zero-order valence-corrected chi connectivity index (χ0v) is 16.4. The number of benzene rings is 2. The zero-order chi connectivity index (χ0) is 20.5. The number of carbonyl (C=O) groups is 2. The standard InChI is InChI=1S/C23H23NO5/c1-14(2)12-17(25)20-21(15-6-4-3-5-7-15)24(23(27)22(20)26)16-8-9-18-19(13-16)29-11-10-28-18/h3-9,13-14,21,26H,10-12H2,1-2H3. The molecule has 4 rings (SSSR count). The molecule has 0 fully saturated rings. The Kier molecular flexibility index (Phi) is 5.01. The molecule has 6 heteroatoms. The molecule has 1 unspecified atom stereocenters. The summed E-state index contributed by atoms with van der Waals surface area (Å²) in [6, 6.07) is 13.8. The summed E-state index contributed by atoms with van der Waals surface area (Å²) in [5.41, 5.74) is 1.43. The van der Waals surface area contributed by atoms with Crippen LogP contribution in [0.5, 0.6) is 11.5 Å². The van der Waals surface area contributed by atoms with Crippen LogP contribution in [-0.4, -0.2) is 30.0 Å². The van der Waals surface area contributed by atoms with Crippen molar-refractivity contribution in [1.82, 2.24) is 0 Å². The van der Waals surface area contributed by atoms with Gasteiger partial charge in [0.2, 0.25) is 0 Å². The third-order valence-electron chi connectivity index (χ3n) is 5.02. The Labute approximate surface area is 169 Å². The fourth-order valence-electron chi connectivity index (χ4n) is 3.77. The van der Waals surface area contributed by atoms with Gasteiger partial charge in [-0.05, 0) is 23.6 Å². The van der Waals surface area contributed by atoms with Crippen molar-refractivity contribution < 1.29 is 24.2 Å². The van der Waals surface area contributed by atoms with E-state index in [1.165, 1.54) is 4.90 Å². The second-order valence-electron chi connectivity index (χ2n) is 7.60. The minimum atomic E-state index is -0.697. The average Bonchev–Trinajstić information content (AvgIpc) is 2.99. The Hall–Kier alpha value is -3.28. The third kappa shape index (κ3) is 3.46. The van der Waals surface area contributed by atoms with E-state index in [9.17, 15) is 14.7 Å². The van der Waals surface area contributed by atoms with Crippen molar-refractivity contribution in [3.8, 4) is 11.5 Å². The monoisotopic (exact) mass is 393 g/mol. The fourth-order valence-corrected chi connectivity index (χ4v) is 3.77. The number of aliphatic hydroxyl groups excluding tert-OH is 1. The number of nitrogens with zero attached hydrogens (tertiary/aromatic N) is 1. The molecule has 0 spiro atoms. The molecule has 0 aliphatic carbocycles. The highest BCUT2D eigenvalue weighted by Gasteiger charge is 2.44. The van der Waals surface area contributed by atoms with Gasteiger partial charge in [-0.3, -0.25) is 14.5 Å². The number of carbonyl (C=O) groups excluding carboxylic acids is 2. The van der Waals surface area contributed by atoms with Crippen molar-refractivity contribution in [2.45, 2.75) is 26.3 Å². The van der Waals surface area contributed by atoms with E-state index >= 15 is 0 Å². The highest BCUT2D eigenvalue weighted by atomic mass is 16.6. The van der Waals surface area contributed by atoms with E-state index in [1.54, 1.807) is 18.2 Å². The lowest BCUT2D eigenvalue weighted by molar-refractivity contribution is -0.118. The molecule has 2 aromatic carbocycles. The van der Waals surface area contributed by atoms with Crippen molar-refractivity contribution in [3.63, 3.8) is 0 Å². The number of Topliss-reactive ketones (excluding diaryl/α,β-unsaturated/α-hetero) is 1. The number of ketones is 1. The number of ether oxygens (including phenoxy) is 2. The molecule has 2 aliphatic rings. The van der Waals surface area contributed by atoms with Gasteiger partial charge in [0, 0.05) is 18.2 Å². The van der Waals surface area contributed by atoms with E-state index in [1.807, 2.05) is 44.2 Å². The summed E-state index contributed by atoms with van der Waals surface area (Å²) in [7, 11) is 0. The number of hydrogen-bond acceptors (Lipinski definition) is 5. The molecule has 1 atom stereocenters. The van der Waals surface area contributed by atoms with Crippen molar-refractivity contribution in [1.29, 1.82) is 0 Å². The molecule has 6 nitrogen and oxygen atoms in total. The fraction of sp³-hybridized carbons (Fsp3) is 0.304. The van der Waals surface area contributed by atoms with Gasteiger partial charge in [-0.15, -0.1) is 0 Å². The van der Waals surface area contributed by atoms with Crippen LogP contribution in [0.2, 0.25) is 0 Å². The van der Waals surface area contributed by atoms with E-state index < -0.39 is 17.7 Å². The number of amides is 1. The third-order valence-corrected chi connectivity index (χ3v) is 5.02. The summed E-state index contributed by atoms with van der Waals surface area (Å²) >= 11 is 0. The molecule has 2 aromatic rings. The van der Waals surface area contributed by atoms with Crippen LogP contribution < -0.4 is 14.4 Å². The molecule has 0 aromatic heterocycles. The summed E-state index contributed by atoms with van der Waals surface area (Å²) in [6.07, 6.45) is 0.255. The summed E-state index contributed by atoms with van der Waals surface area (Å²) in [4.78, 5) is 27.5. The lowest BCUT2D eigenvalue weighted by Gasteiger charge is -2.28. The first-order valence-corrected chi connectivity index (χ1v) is 9.72. The van der Waals surface area contributed by atoms with E-state index in [-0.39, 0.29) is 23.7 Å². The van der Waals surface area contributed by atoms with Crippen LogP contribution in [0, 0.1) is 5.92 Å². The Morgan fingerprint density at radius 1 is 1.10 bits per heavy atom. The van der Waals surface area contributed by atoms with Crippen molar-refractivity contribution in [2.75, 3.05) is 18.1 Å². The molecule has 150 valence electrons. The Morgan fingerprint density at radius 2 is 1.79 bits per heavy atom. The maximum Gasteiger partial charge on any atom is 0.294 e. The van der Waals surface area contributed by atoms with E-state index in [4.69, 9.17) is 9.47 Å². The van der Waals surface area contributed by atoms with Gasteiger partial charge in [0.15, 0.2) is 23.0 Å². The Balaban J connectivity index is 1.81. The van der Waals surface area contributed by atoms with Gasteiger partial charge in [-0.2, -0.15) is 0 Å². The van der Waals surface area contributed by atoms with Crippen molar-refractivity contribution in [2.24, 2.45) is 5.92 Å². The molecule has 1 N–H and O–H groups in total. The first-order chi connectivity index (χ1) is 14.0. The second kappa shape index (κ2) is 7.62. The largest absolute Gasteiger partial charge is 0.503 e. The summed E-state index contributed by atoms with van der Waals surface area (Å²) in [5.74, 6) is -0.0505. The Morgan fingerprint density at radius 3 is 2.48 bits per heavy atom. The molecule has 2 heterocycles. The van der Waals surface area contributed by atoms with E-state index in [0.717, 1.165) is 5.56 Å². The topological polar surface area (TPSA) is 76.1 Å². The maximum atomic E-state index is 13.1. The molecule has 0 saturated carbocycles. The molecular formula is C23H23NO5. The summed E-state index contributed by atoms with van der Waals surface area (Å²) in [5, 5.41) is 10.7. The van der Waals surface area contributed by atoms with Gasteiger partial charge in [-0.25, -0.2) is 0 Å². The number of anilines is 1. The van der Waals surface area contributed by atoms with Crippen LogP contribution in [0.25, 0.3) is 0 Å². The second-order valence-corrected chi connectivity index (χ2v) is 7.60. The zero-order valence-electron chi connectivity index (χ0n) is 16.4.